The SMILES string of the molecule is Nc1ncc(Br)c(NCc2ccc(F)cc2F)n1. The maximum atomic E-state index is 13.4. The van der Waals surface area contributed by atoms with Gasteiger partial charge in [0.2, 0.25) is 5.95 Å². The third kappa shape index (κ3) is 2.92. The van der Waals surface area contributed by atoms with Gasteiger partial charge in [0.25, 0.3) is 0 Å². The van der Waals surface area contributed by atoms with Crippen LogP contribution >= 0.6 is 15.9 Å². The number of rotatable bonds is 3. The Labute approximate surface area is 110 Å². The van der Waals surface area contributed by atoms with Gasteiger partial charge < -0.3 is 11.1 Å². The van der Waals surface area contributed by atoms with Crippen molar-refractivity contribution in [2.24, 2.45) is 0 Å². The van der Waals surface area contributed by atoms with E-state index < -0.39 is 11.6 Å². The molecule has 0 amide bonds. The molecular weight excluding hydrogens is 306 g/mol. The second-order valence-corrected chi connectivity index (χ2v) is 4.37. The first-order valence-electron chi connectivity index (χ1n) is 5.02. The molecule has 4 nitrogen and oxygen atoms in total. The highest BCUT2D eigenvalue weighted by Gasteiger charge is 2.06. The molecule has 0 radical (unpaired) electrons. The van der Waals surface area contributed by atoms with Gasteiger partial charge in [0.15, 0.2) is 0 Å². The summed E-state index contributed by atoms with van der Waals surface area (Å²) in [6.45, 7) is 0.168. The van der Waals surface area contributed by atoms with E-state index in [-0.39, 0.29) is 12.5 Å². The number of benzene rings is 1. The minimum atomic E-state index is -0.611. The Kier molecular flexibility index (Phi) is 3.71. The normalized spacial score (nSPS) is 10.4. The first kappa shape index (κ1) is 12.7. The molecule has 1 heterocycles. The molecule has 1 aromatic carbocycles. The zero-order valence-corrected chi connectivity index (χ0v) is 10.7. The number of nitrogens with two attached hydrogens (primary N) is 1. The van der Waals surface area contributed by atoms with Crippen molar-refractivity contribution < 1.29 is 8.78 Å². The van der Waals surface area contributed by atoms with Gasteiger partial charge in [-0.25, -0.2) is 13.8 Å². The summed E-state index contributed by atoms with van der Waals surface area (Å²) in [5.74, 6) is -0.657. The van der Waals surface area contributed by atoms with Crippen molar-refractivity contribution in [2.75, 3.05) is 11.1 Å². The molecule has 0 fully saturated rings. The van der Waals surface area contributed by atoms with Gasteiger partial charge >= 0.3 is 0 Å². The number of aromatic nitrogens is 2. The van der Waals surface area contributed by atoms with Crippen molar-refractivity contribution >= 4 is 27.7 Å². The Balaban J connectivity index is 2.13. The highest BCUT2D eigenvalue weighted by Crippen LogP contribution is 2.20. The van der Waals surface area contributed by atoms with Crippen molar-refractivity contribution in [3.8, 4) is 0 Å². The Hall–Kier alpha value is -1.76. The van der Waals surface area contributed by atoms with Gasteiger partial charge in [-0.2, -0.15) is 4.98 Å². The second-order valence-electron chi connectivity index (χ2n) is 3.51. The van der Waals surface area contributed by atoms with E-state index in [2.05, 4.69) is 31.2 Å². The van der Waals surface area contributed by atoms with Crippen LogP contribution in [-0.2, 0) is 6.54 Å². The molecule has 0 saturated carbocycles. The van der Waals surface area contributed by atoms with E-state index in [9.17, 15) is 8.78 Å². The van der Waals surface area contributed by atoms with E-state index in [0.29, 0.717) is 15.9 Å². The Morgan fingerprint density at radius 3 is 2.83 bits per heavy atom. The summed E-state index contributed by atoms with van der Waals surface area (Å²) in [6, 6.07) is 3.40. The first-order chi connectivity index (χ1) is 8.56. The molecule has 0 aliphatic rings. The minimum Gasteiger partial charge on any atom is -0.368 e. The molecule has 0 spiro atoms. The largest absolute Gasteiger partial charge is 0.368 e. The molecule has 1 aromatic heterocycles. The van der Waals surface area contributed by atoms with Crippen molar-refractivity contribution in [2.45, 2.75) is 6.54 Å². The highest BCUT2D eigenvalue weighted by molar-refractivity contribution is 9.10. The average Bonchev–Trinajstić information content (AvgIpc) is 2.32. The Morgan fingerprint density at radius 1 is 1.33 bits per heavy atom. The zero-order valence-electron chi connectivity index (χ0n) is 9.12. The summed E-state index contributed by atoms with van der Waals surface area (Å²) in [7, 11) is 0. The van der Waals surface area contributed by atoms with Gasteiger partial charge in [-0.3, -0.25) is 0 Å². The lowest BCUT2D eigenvalue weighted by atomic mass is 10.2. The lowest BCUT2D eigenvalue weighted by molar-refractivity contribution is 0.574. The molecule has 2 aromatic rings. The van der Waals surface area contributed by atoms with Crippen LogP contribution in [0.1, 0.15) is 5.56 Å². The van der Waals surface area contributed by atoms with Crippen molar-refractivity contribution in [3.05, 3.63) is 46.1 Å². The molecule has 3 N–H and O–H groups in total. The van der Waals surface area contributed by atoms with Crippen molar-refractivity contribution in [3.63, 3.8) is 0 Å². The van der Waals surface area contributed by atoms with Crippen LogP contribution in [0, 0.1) is 11.6 Å². The molecule has 0 aliphatic heterocycles. The molecule has 7 heteroatoms. The number of halogens is 3. The molecule has 18 heavy (non-hydrogen) atoms. The van der Waals surface area contributed by atoms with Gasteiger partial charge in [-0.15, -0.1) is 0 Å². The number of nitrogens with one attached hydrogen (secondary N) is 1. The number of nitrogen functional groups attached to an aromatic ring is 1. The lowest BCUT2D eigenvalue weighted by Gasteiger charge is -2.08. The van der Waals surface area contributed by atoms with Crippen LogP contribution < -0.4 is 11.1 Å². The summed E-state index contributed by atoms with van der Waals surface area (Å²) in [5.41, 5.74) is 5.77. The van der Waals surface area contributed by atoms with E-state index in [1.165, 1.54) is 18.3 Å². The highest BCUT2D eigenvalue weighted by atomic mass is 79.9. The van der Waals surface area contributed by atoms with Crippen LogP contribution in [0.3, 0.4) is 0 Å². The number of nitrogens with zero attached hydrogens (tertiary/aromatic N) is 2. The van der Waals surface area contributed by atoms with Crippen LogP contribution in [0.2, 0.25) is 0 Å². The summed E-state index contributed by atoms with van der Waals surface area (Å²) in [5, 5.41) is 2.89. The van der Waals surface area contributed by atoms with Gasteiger partial charge in [-0.05, 0) is 22.0 Å². The summed E-state index contributed by atoms with van der Waals surface area (Å²) < 4.78 is 26.7. The molecule has 0 atom stereocenters. The van der Waals surface area contributed by atoms with Crippen molar-refractivity contribution in [1.29, 1.82) is 0 Å². The number of anilines is 2. The monoisotopic (exact) mass is 314 g/mol. The van der Waals surface area contributed by atoms with Crippen LogP contribution in [0.4, 0.5) is 20.5 Å². The van der Waals surface area contributed by atoms with E-state index in [1.807, 2.05) is 0 Å². The quantitative estimate of drug-likeness (QED) is 0.914. The van der Waals surface area contributed by atoms with Crippen LogP contribution in [0.25, 0.3) is 0 Å². The summed E-state index contributed by atoms with van der Waals surface area (Å²) in [6.07, 6.45) is 1.49. The predicted molar refractivity (Wildman–Crippen MR) is 67.8 cm³/mol. The molecule has 0 aliphatic carbocycles. The third-order valence-electron chi connectivity index (χ3n) is 2.22. The van der Waals surface area contributed by atoms with E-state index >= 15 is 0 Å². The maximum Gasteiger partial charge on any atom is 0.221 e. The minimum absolute atomic E-state index is 0.111. The standard InChI is InChI=1S/C11H9BrF2N4/c12-8-5-17-11(15)18-10(8)16-4-6-1-2-7(13)3-9(6)14/h1-3,5H,4H2,(H3,15,16,17,18). The molecule has 0 unspecified atom stereocenters. The molecule has 0 bridgehead atoms. The lowest BCUT2D eigenvalue weighted by Crippen LogP contribution is -2.06. The van der Waals surface area contributed by atoms with E-state index in [1.54, 1.807) is 0 Å². The fourth-order valence-electron chi connectivity index (χ4n) is 1.35. The molecule has 94 valence electrons. The van der Waals surface area contributed by atoms with Gasteiger partial charge in [0, 0.05) is 24.4 Å². The average molecular weight is 315 g/mol. The first-order valence-corrected chi connectivity index (χ1v) is 5.81. The Morgan fingerprint density at radius 2 is 2.11 bits per heavy atom. The van der Waals surface area contributed by atoms with Crippen LogP contribution in [0.5, 0.6) is 0 Å². The third-order valence-corrected chi connectivity index (χ3v) is 2.80. The van der Waals surface area contributed by atoms with Gasteiger partial charge in [0.1, 0.15) is 17.5 Å². The predicted octanol–water partition coefficient (Wildman–Crippen LogP) is 2.71. The zero-order chi connectivity index (χ0) is 13.1. The van der Waals surface area contributed by atoms with Gasteiger partial charge in [-0.1, -0.05) is 6.07 Å². The summed E-state index contributed by atoms with van der Waals surface area (Å²) >= 11 is 3.24. The van der Waals surface area contributed by atoms with Crippen molar-refractivity contribution in [1.82, 2.24) is 9.97 Å². The van der Waals surface area contributed by atoms with E-state index in [4.69, 9.17) is 5.73 Å². The topological polar surface area (TPSA) is 63.8 Å². The number of hydrogen-bond donors (Lipinski definition) is 2. The smallest absolute Gasteiger partial charge is 0.221 e. The summed E-state index contributed by atoms with van der Waals surface area (Å²) in [4.78, 5) is 7.73. The number of hydrogen-bond acceptors (Lipinski definition) is 4. The van der Waals surface area contributed by atoms with E-state index in [0.717, 1.165) is 6.07 Å². The molecule has 0 saturated heterocycles. The fourth-order valence-corrected chi connectivity index (χ4v) is 1.68. The second kappa shape index (κ2) is 5.26. The fraction of sp³-hybridized carbons (Fsp3) is 0.0909. The van der Waals surface area contributed by atoms with Crippen LogP contribution in [0.15, 0.2) is 28.9 Å². The maximum absolute atomic E-state index is 13.4. The van der Waals surface area contributed by atoms with Crippen LogP contribution in [-0.4, -0.2) is 9.97 Å². The Bertz CT molecular complexity index is 577. The molecular formula is C11H9BrF2N4. The molecule has 2 rings (SSSR count). The van der Waals surface area contributed by atoms with Gasteiger partial charge in [0.05, 0.1) is 4.47 Å².